The lowest BCUT2D eigenvalue weighted by Gasteiger charge is -2.29. The van der Waals surface area contributed by atoms with Gasteiger partial charge in [0.1, 0.15) is 0 Å². The Morgan fingerprint density at radius 2 is 1.74 bits per heavy atom. The predicted octanol–water partition coefficient (Wildman–Crippen LogP) is 2.83. The van der Waals surface area contributed by atoms with Gasteiger partial charge in [0.15, 0.2) is 0 Å². The number of hydrogen-bond donors (Lipinski definition) is 1. The molecule has 2 heterocycles. The van der Waals surface area contributed by atoms with E-state index in [0.717, 1.165) is 26.3 Å². The largest absolute Gasteiger partial charge is 0.382 e. The average Bonchev–Trinajstić information content (AvgIpc) is 2.50. The molecule has 2 fully saturated rings. The standard InChI is InChI=1S/C15H22N2OS/c1-3-15(17-7-9-18-10-8-17)4-2-13(1)16-14-5-11-19-12-6-14/h1-4,14,16H,5-12H2. The Bertz CT molecular complexity index is 384. The van der Waals surface area contributed by atoms with Crippen LogP contribution in [0.4, 0.5) is 11.4 Å². The second kappa shape index (κ2) is 6.53. The van der Waals surface area contributed by atoms with E-state index in [1.165, 1.54) is 35.7 Å². The van der Waals surface area contributed by atoms with Crippen LogP contribution in [0.2, 0.25) is 0 Å². The van der Waals surface area contributed by atoms with Crippen LogP contribution in [0, 0.1) is 0 Å². The summed E-state index contributed by atoms with van der Waals surface area (Å²) in [7, 11) is 0. The molecular formula is C15H22N2OS. The molecule has 0 aromatic heterocycles. The van der Waals surface area contributed by atoms with E-state index in [0.29, 0.717) is 6.04 Å². The van der Waals surface area contributed by atoms with E-state index in [2.05, 4.69) is 46.2 Å². The lowest BCUT2D eigenvalue weighted by molar-refractivity contribution is 0.122. The third kappa shape index (κ3) is 3.57. The summed E-state index contributed by atoms with van der Waals surface area (Å²) in [5.74, 6) is 2.59. The average molecular weight is 278 g/mol. The number of benzene rings is 1. The highest BCUT2D eigenvalue weighted by molar-refractivity contribution is 7.99. The summed E-state index contributed by atoms with van der Waals surface area (Å²) >= 11 is 2.07. The van der Waals surface area contributed by atoms with Gasteiger partial charge >= 0.3 is 0 Å². The molecule has 2 aliphatic heterocycles. The third-order valence-corrected chi connectivity index (χ3v) is 4.88. The van der Waals surface area contributed by atoms with E-state index >= 15 is 0 Å². The highest BCUT2D eigenvalue weighted by Crippen LogP contribution is 2.23. The van der Waals surface area contributed by atoms with E-state index < -0.39 is 0 Å². The quantitative estimate of drug-likeness (QED) is 0.919. The van der Waals surface area contributed by atoms with E-state index in [4.69, 9.17) is 4.74 Å². The summed E-state index contributed by atoms with van der Waals surface area (Å²) in [6.07, 6.45) is 2.58. The first kappa shape index (κ1) is 13.1. The Hall–Kier alpha value is -0.870. The van der Waals surface area contributed by atoms with Gasteiger partial charge in [-0.15, -0.1) is 0 Å². The highest BCUT2D eigenvalue weighted by atomic mass is 32.2. The SMILES string of the molecule is c1cc(N2CCOCC2)ccc1NC1CCSCC1. The molecule has 0 radical (unpaired) electrons. The molecule has 3 nitrogen and oxygen atoms in total. The summed E-state index contributed by atoms with van der Waals surface area (Å²) < 4.78 is 5.39. The van der Waals surface area contributed by atoms with E-state index in [-0.39, 0.29) is 0 Å². The van der Waals surface area contributed by atoms with Gasteiger partial charge in [0.2, 0.25) is 0 Å². The first-order chi connectivity index (χ1) is 9.42. The normalized spacial score (nSPS) is 21.4. The molecule has 0 amide bonds. The fraction of sp³-hybridized carbons (Fsp3) is 0.600. The van der Waals surface area contributed by atoms with Crippen LogP contribution in [0.15, 0.2) is 24.3 Å². The minimum absolute atomic E-state index is 0.662. The van der Waals surface area contributed by atoms with Crippen molar-refractivity contribution in [3.05, 3.63) is 24.3 Å². The number of anilines is 2. The van der Waals surface area contributed by atoms with Crippen LogP contribution in [0.3, 0.4) is 0 Å². The van der Waals surface area contributed by atoms with Gasteiger partial charge in [0, 0.05) is 30.5 Å². The molecule has 3 rings (SSSR count). The van der Waals surface area contributed by atoms with Crippen LogP contribution in [0.5, 0.6) is 0 Å². The smallest absolute Gasteiger partial charge is 0.0642 e. The fourth-order valence-electron chi connectivity index (χ4n) is 2.67. The van der Waals surface area contributed by atoms with Crippen LogP contribution in [-0.4, -0.2) is 43.9 Å². The van der Waals surface area contributed by atoms with Gasteiger partial charge in [0.05, 0.1) is 13.2 Å². The van der Waals surface area contributed by atoms with E-state index in [1.807, 2.05) is 0 Å². The molecule has 104 valence electrons. The Morgan fingerprint density at radius 1 is 1.05 bits per heavy atom. The maximum atomic E-state index is 5.39. The van der Waals surface area contributed by atoms with Gasteiger partial charge in [-0.25, -0.2) is 0 Å². The zero-order chi connectivity index (χ0) is 12.9. The summed E-state index contributed by atoms with van der Waals surface area (Å²) in [4.78, 5) is 2.39. The van der Waals surface area contributed by atoms with Crippen LogP contribution < -0.4 is 10.2 Å². The van der Waals surface area contributed by atoms with Crippen molar-refractivity contribution < 1.29 is 4.74 Å². The zero-order valence-corrected chi connectivity index (χ0v) is 12.1. The lowest BCUT2D eigenvalue weighted by Crippen LogP contribution is -2.36. The van der Waals surface area contributed by atoms with Crippen LogP contribution in [0.25, 0.3) is 0 Å². The summed E-state index contributed by atoms with van der Waals surface area (Å²) in [6.45, 7) is 3.71. The summed E-state index contributed by atoms with van der Waals surface area (Å²) in [5.41, 5.74) is 2.57. The molecule has 0 saturated carbocycles. The third-order valence-electron chi connectivity index (χ3n) is 3.84. The number of rotatable bonds is 3. The minimum Gasteiger partial charge on any atom is -0.382 e. The molecular weight excluding hydrogens is 256 g/mol. The van der Waals surface area contributed by atoms with Crippen molar-refractivity contribution >= 4 is 23.1 Å². The van der Waals surface area contributed by atoms with Gasteiger partial charge in [0.25, 0.3) is 0 Å². The van der Waals surface area contributed by atoms with E-state index in [9.17, 15) is 0 Å². The van der Waals surface area contributed by atoms with Gasteiger partial charge in [-0.05, 0) is 48.6 Å². The first-order valence-corrected chi connectivity index (χ1v) is 8.34. The van der Waals surface area contributed by atoms with Crippen molar-refractivity contribution in [2.75, 3.05) is 48.0 Å². The number of morpholine rings is 1. The Kier molecular flexibility index (Phi) is 4.51. The zero-order valence-electron chi connectivity index (χ0n) is 11.3. The second-order valence-corrected chi connectivity index (χ2v) is 6.40. The molecule has 2 aliphatic rings. The number of nitrogens with one attached hydrogen (secondary N) is 1. The van der Waals surface area contributed by atoms with E-state index in [1.54, 1.807) is 0 Å². The van der Waals surface area contributed by atoms with Crippen LogP contribution >= 0.6 is 11.8 Å². The molecule has 0 bridgehead atoms. The molecule has 19 heavy (non-hydrogen) atoms. The Morgan fingerprint density at radius 3 is 2.42 bits per heavy atom. The maximum Gasteiger partial charge on any atom is 0.0642 e. The van der Waals surface area contributed by atoms with Crippen molar-refractivity contribution in [2.45, 2.75) is 18.9 Å². The number of hydrogen-bond acceptors (Lipinski definition) is 4. The molecule has 1 aromatic carbocycles. The lowest BCUT2D eigenvalue weighted by atomic mass is 10.1. The highest BCUT2D eigenvalue weighted by Gasteiger charge is 2.14. The molecule has 0 spiro atoms. The van der Waals surface area contributed by atoms with Crippen LogP contribution in [-0.2, 0) is 4.74 Å². The topological polar surface area (TPSA) is 24.5 Å². The first-order valence-electron chi connectivity index (χ1n) is 7.19. The number of nitrogens with zero attached hydrogens (tertiary/aromatic N) is 1. The summed E-state index contributed by atoms with van der Waals surface area (Å²) in [6, 6.07) is 9.55. The molecule has 0 aliphatic carbocycles. The molecule has 1 N–H and O–H groups in total. The van der Waals surface area contributed by atoms with Crippen molar-refractivity contribution in [3.8, 4) is 0 Å². The van der Waals surface area contributed by atoms with Crippen molar-refractivity contribution in [3.63, 3.8) is 0 Å². The van der Waals surface area contributed by atoms with Gasteiger partial charge in [-0.2, -0.15) is 11.8 Å². The molecule has 4 heteroatoms. The van der Waals surface area contributed by atoms with Gasteiger partial charge in [-0.1, -0.05) is 0 Å². The fourth-order valence-corrected chi connectivity index (χ4v) is 3.77. The molecule has 1 aromatic rings. The number of thioether (sulfide) groups is 1. The van der Waals surface area contributed by atoms with Crippen molar-refractivity contribution in [2.24, 2.45) is 0 Å². The van der Waals surface area contributed by atoms with Gasteiger partial charge < -0.3 is 15.0 Å². The van der Waals surface area contributed by atoms with Crippen molar-refractivity contribution in [1.29, 1.82) is 0 Å². The monoisotopic (exact) mass is 278 g/mol. The number of ether oxygens (including phenoxy) is 1. The maximum absolute atomic E-state index is 5.39. The molecule has 0 atom stereocenters. The predicted molar refractivity (Wildman–Crippen MR) is 83.4 cm³/mol. The Balaban J connectivity index is 1.58. The second-order valence-electron chi connectivity index (χ2n) is 5.18. The Labute approximate surface area is 119 Å². The van der Waals surface area contributed by atoms with Crippen LogP contribution in [0.1, 0.15) is 12.8 Å². The molecule has 0 unspecified atom stereocenters. The molecule has 2 saturated heterocycles. The minimum atomic E-state index is 0.662. The summed E-state index contributed by atoms with van der Waals surface area (Å²) in [5, 5.41) is 3.65. The van der Waals surface area contributed by atoms with Crippen molar-refractivity contribution in [1.82, 2.24) is 0 Å². The van der Waals surface area contributed by atoms with Gasteiger partial charge in [-0.3, -0.25) is 0 Å².